The average molecular weight is 382 g/mol. The molecule has 1 aromatic carbocycles. The minimum absolute atomic E-state index is 0.00579. The fourth-order valence-corrected chi connectivity index (χ4v) is 3.04. The summed E-state index contributed by atoms with van der Waals surface area (Å²) in [7, 11) is 1.78. The van der Waals surface area contributed by atoms with Crippen molar-refractivity contribution in [3.63, 3.8) is 0 Å². The molecule has 0 radical (unpaired) electrons. The van der Waals surface area contributed by atoms with Crippen LogP contribution >= 0.6 is 23.2 Å². The molecule has 0 aliphatic rings. The average Bonchev–Trinajstić information content (AvgIpc) is 3.05. The molecule has 0 spiro atoms. The number of nitrogens with two attached hydrogens (primary N) is 1. The highest BCUT2D eigenvalue weighted by Crippen LogP contribution is 2.37. The number of anilines is 1. The molecule has 0 fully saturated rings. The minimum atomic E-state index is -0.403. The van der Waals surface area contributed by atoms with Gasteiger partial charge >= 0.3 is 0 Å². The van der Waals surface area contributed by atoms with Gasteiger partial charge in [0.25, 0.3) is 11.0 Å². The van der Waals surface area contributed by atoms with Gasteiger partial charge in [0, 0.05) is 12.5 Å². The summed E-state index contributed by atoms with van der Waals surface area (Å²) >= 11 is 12.8. The molecule has 25 heavy (non-hydrogen) atoms. The maximum absolute atomic E-state index is 9.70. The third-order valence-electron chi connectivity index (χ3n) is 4.04. The topological polar surface area (TPSA) is 109 Å². The molecule has 3 aromatic rings. The summed E-state index contributed by atoms with van der Waals surface area (Å²) < 4.78 is 6.98. The summed E-state index contributed by atoms with van der Waals surface area (Å²) in [6.07, 6.45) is 0. The van der Waals surface area contributed by atoms with Crippen LogP contribution in [0.3, 0.4) is 0 Å². The third kappa shape index (κ3) is 2.75. The highest BCUT2D eigenvalue weighted by Gasteiger charge is 2.27. The van der Waals surface area contributed by atoms with E-state index in [-0.39, 0.29) is 23.2 Å². The van der Waals surface area contributed by atoms with Crippen LogP contribution in [0, 0.1) is 13.8 Å². The van der Waals surface area contributed by atoms with Gasteiger partial charge < -0.3 is 20.5 Å². The smallest absolute Gasteiger partial charge is 0.286 e. The predicted octanol–water partition coefficient (Wildman–Crippen LogP) is 3.15. The largest absolute Gasteiger partial charge is 0.504 e. The van der Waals surface area contributed by atoms with E-state index >= 15 is 0 Å². The van der Waals surface area contributed by atoms with Gasteiger partial charge in [0.05, 0.1) is 5.69 Å². The summed E-state index contributed by atoms with van der Waals surface area (Å²) in [5, 5.41) is 24.2. The highest BCUT2D eigenvalue weighted by atomic mass is 35.5. The van der Waals surface area contributed by atoms with Crippen molar-refractivity contribution in [1.82, 2.24) is 10.1 Å². The molecule has 0 saturated carbocycles. The molecule has 0 bridgehead atoms. The van der Waals surface area contributed by atoms with Crippen LogP contribution in [0.1, 0.15) is 11.3 Å². The zero-order valence-corrected chi connectivity index (χ0v) is 15.1. The quantitative estimate of drug-likeness (QED) is 0.272. The normalized spacial score (nSPS) is 11.1. The number of halogens is 2. The molecule has 0 aliphatic heterocycles. The van der Waals surface area contributed by atoms with Crippen LogP contribution < -0.4 is 10.3 Å². The molecule has 2 aromatic heterocycles. The number of nitrogen functional groups attached to an aromatic ring is 1. The zero-order chi connectivity index (χ0) is 18.5. The van der Waals surface area contributed by atoms with E-state index in [1.807, 2.05) is 13.8 Å². The van der Waals surface area contributed by atoms with Gasteiger partial charge in [-0.3, -0.25) is 0 Å². The fraction of sp³-hybridized carbons (Fsp3) is 0.188. The van der Waals surface area contributed by atoms with Gasteiger partial charge in [-0.05, 0) is 36.2 Å². The third-order valence-corrected chi connectivity index (χ3v) is 5.04. The Balaban J connectivity index is 2.15. The van der Waals surface area contributed by atoms with Gasteiger partial charge in [0.15, 0.2) is 17.2 Å². The van der Waals surface area contributed by atoms with Crippen molar-refractivity contribution in [1.29, 1.82) is 0 Å². The Bertz CT molecular complexity index is 949. The van der Waals surface area contributed by atoms with Crippen molar-refractivity contribution in [2.24, 2.45) is 7.05 Å². The van der Waals surface area contributed by atoms with E-state index in [0.717, 1.165) is 11.3 Å². The van der Waals surface area contributed by atoms with Crippen LogP contribution in [0.15, 0.2) is 16.7 Å². The number of aromatic hydroxyl groups is 2. The van der Waals surface area contributed by atoms with Crippen molar-refractivity contribution >= 4 is 28.9 Å². The zero-order valence-electron chi connectivity index (χ0n) is 13.6. The Hall–Kier alpha value is -2.51. The maximum Gasteiger partial charge on any atom is 0.286 e. The van der Waals surface area contributed by atoms with Gasteiger partial charge in [0.1, 0.15) is 17.6 Å². The van der Waals surface area contributed by atoms with E-state index < -0.39 is 5.75 Å². The van der Waals surface area contributed by atoms with E-state index in [1.165, 1.54) is 12.1 Å². The lowest BCUT2D eigenvalue weighted by Crippen LogP contribution is -2.34. The Morgan fingerprint density at radius 2 is 1.88 bits per heavy atom. The van der Waals surface area contributed by atoms with E-state index in [9.17, 15) is 10.2 Å². The number of pyridine rings is 1. The lowest BCUT2D eigenvalue weighted by Gasteiger charge is -2.07. The van der Waals surface area contributed by atoms with Gasteiger partial charge in [-0.15, -0.1) is 0 Å². The number of aromatic nitrogens is 3. The number of phenolic OH excluding ortho intramolecular Hbond substituents is 2. The first-order valence-corrected chi connectivity index (χ1v) is 7.98. The van der Waals surface area contributed by atoms with E-state index in [4.69, 9.17) is 33.5 Å². The van der Waals surface area contributed by atoms with Crippen LogP contribution in [0.5, 0.6) is 11.5 Å². The van der Waals surface area contributed by atoms with Crippen LogP contribution in [-0.2, 0) is 7.05 Å². The van der Waals surface area contributed by atoms with Crippen molar-refractivity contribution in [3.05, 3.63) is 33.6 Å². The molecule has 130 valence electrons. The van der Waals surface area contributed by atoms with Gasteiger partial charge in [-0.1, -0.05) is 16.8 Å². The first-order chi connectivity index (χ1) is 11.7. The minimum Gasteiger partial charge on any atom is -0.504 e. The van der Waals surface area contributed by atoms with Crippen molar-refractivity contribution in [2.45, 2.75) is 13.8 Å². The molecule has 3 rings (SSSR count). The second-order valence-corrected chi connectivity index (χ2v) is 6.34. The molecular formula is C16H15Cl2N4O3+. The first kappa shape index (κ1) is 17.3. The molecule has 2 heterocycles. The number of hydrogen-bond acceptors (Lipinski definition) is 6. The van der Waals surface area contributed by atoms with Gasteiger partial charge in [-0.25, -0.2) is 0 Å². The Kier molecular flexibility index (Phi) is 4.22. The van der Waals surface area contributed by atoms with E-state index in [0.29, 0.717) is 21.3 Å². The second-order valence-electron chi connectivity index (χ2n) is 5.61. The number of hydrogen-bond donors (Lipinski definition) is 3. The SMILES string of the molecule is Cc1c(Cl)c(C)[n+](C)c(Cl)c1-c1noc(-c2cc(N)c(O)c(O)c2)n1. The summed E-state index contributed by atoms with van der Waals surface area (Å²) in [5.74, 6) is -0.415. The fourth-order valence-electron chi connectivity index (χ4n) is 2.46. The summed E-state index contributed by atoms with van der Waals surface area (Å²) in [6, 6.07) is 2.70. The van der Waals surface area contributed by atoms with Crippen LogP contribution in [0.4, 0.5) is 5.69 Å². The lowest BCUT2D eigenvalue weighted by molar-refractivity contribution is -0.674. The molecule has 0 saturated heterocycles. The lowest BCUT2D eigenvalue weighted by atomic mass is 10.1. The summed E-state index contributed by atoms with van der Waals surface area (Å²) in [6.45, 7) is 3.67. The van der Waals surface area contributed by atoms with Gasteiger partial charge in [-0.2, -0.15) is 9.55 Å². The van der Waals surface area contributed by atoms with E-state index in [2.05, 4.69) is 10.1 Å². The van der Waals surface area contributed by atoms with E-state index in [1.54, 1.807) is 11.6 Å². The standard InChI is InChI=1S/C16H14Cl2N4O3/c1-6-11(14(18)22(3)7(2)12(6)17)15-20-16(25-21-15)8-4-9(19)13(24)10(23)5-8/h4-5H,19H2,1-3H3,(H-,20,21,23,24)/p+1. The van der Waals surface area contributed by atoms with Crippen LogP contribution in [0.25, 0.3) is 22.8 Å². The van der Waals surface area contributed by atoms with Crippen molar-refractivity contribution in [3.8, 4) is 34.3 Å². The van der Waals surface area contributed by atoms with Crippen molar-refractivity contribution < 1.29 is 19.3 Å². The summed E-state index contributed by atoms with van der Waals surface area (Å²) in [4.78, 5) is 4.31. The first-order valence-electron chi connectivity index (χ1n) is 7.22. The molecular weight excluding hydrogens is 367 g/mol. The molecule has 0 amide bonds. The second kappa shape index (κ2) is 6.09. The summed E-state index contributed by atoms with van der Waals surface area (Å²) in [5.41, 5.74) is 8.08. The number of rotatable bonds is 2. The molecule has 0 unspecified atom stereocenters. The Morgan fingerprint density at radius 3 is 2.52 bits per heavy atom. The number of nitrogens with zero attached hydrogens (tertiary/aromatic N) is 3. The van der Waals surface area contributed by atoms with Crippen molar-refractivity contribution in [2.75, 3.05) is 5.73 Å². The number of phenols is 2. The predicted molar refractivity (Wildman–Crippen MR) is 93.6 cm³/mol. The molecule has 4 N–H and O–H groups in total. The molecule has 0 aliphatic carbocycles. The van der Waals surface area contributed by atoms with Crippen LogP contribution in [0.2, 0.25) is 10.2 Å². The Labute approximate surface area is 153 Å². The molecule has 7 nitrogen and oxygen atoms in total. The molecule has 0 atom stereocenters. The maximum atomic E-state index is 9.70. The number of benzene rings is 1. The molecule has 9 heteroatoms. The Morgan fingerprint density at radius 1 is 1.20 bits per heavy atom. The van der Waals surface area contributed by atoms with Crippen LogP contribution in [-0.4, -0.2) is 20.4 Å². The highest BCUT2D eigenvalue weighted by molar-refractivity contribution is 6.34. The monoisotopic (exact) mass is 381 g/mol. The van der Waals surface area contributed by atoms with Gasteiger partial charge in [0.2, 0.25) is 5.82 Å².